The number of nitro groups is 1. The summed E-state index contributed by atoms with van der Waals surface area (Å²) in [4.78, 5) is 20.0. The molecule has 7 nitrogen and oxygen atoms in total. The third-order valence-electron chi connectivity index (χ3n) is 5.82. The number of thiazole rings is 1. The number of nitrogens with zero attached hydrogens (tertiary/aromatic N) is 3. The van der Waals surface area contributed by atoms with Crippen LogP contribution in [0.15, 0.2) is 46.8 Å². The Labute approximate surface area is 190 Å². The second-order valence-corrected chi connectivity index (χ2v) is 8.59. The molecule has 0 spiro atoms. The first-order valence-electron chi connectivity index (χ1n) is 10.6. The van der Waals surface area contributed by atoms with E-state index < -0.39 is 4.92 Å². The van der Waals surface area contributed by atoms with Crippen LogP contribution in [-0.4, -0.2) is 30.3 Å². The number of aromatic nitrogens is 1. The lowest BCUT2D eigenvalue weighted by Crippen LogP contribution is -2.04. The SMILES string of the molecule is COc1cc(C=Nc2nc(-c3ccc(C4CCCCC4)cc3)cs2)c([N+](=O)[O-])cc1OC. The van der Waals surface area contributed by atoms with Gasteiger partial charge in [0.25, 0.3) is 5.69 Å². The Bertz CT molecular complexity index is 1120. The largest absolute Gasteiger partial charge is 0.493 e. The van der Waals surface area contributed by atoms with Crippen molar-refractivity contribution in [2.45, 2.75) is 38.0 Å². The number of rotatable bonds is 7. The quantitative estimate of drug-likeness (QED) is 0.231. The predicted molar refractivity (Wildman–Crippen MR) is 127 cm³/mol. The summed E-state index contributed by atoms with van der Waals surface area (Å²) in [5, 5.41) is 13.9. The van der Waals surface area contributed by atoms with E-state index in [0.717, 1.165) is 11.3 Å². The summed E-state index contributed by atoms with van der Waals surface area (Å²) in [6.07, 6.45) is 7.97. The molecule has 3 aromatic rings. The van der Waals surface area contributed by atoms with E-state index in [1.165, 1.54) is 75.5 Å². The van der Waals surface area contributed by atoms with Crippen LogP contribution < -0.4 is 9.47 Å². The molecule has 0 amide bonds. The van der Waals surface area contributed by atoms with Crippen LogP contribution in [0, 0.1) is 10.1 Å². The van der Waals surface area contributed by atoms with Gasteiger partial charge >= 0.3 is 0 Å². The van der Waals surface area contributed by atoms with Crippen LogP contribution in [0.2, 0.25) is 0 Å². The highest BCUT2D eigenvalue weighted by Gasteiger charge is 2.19. The minimum absolute atomic E-state index is 0.110. The number of benzene rings is 2. The number of ether oxygens (including phenoxy) is 2. The summed E-state index contributed by atoms with van der Waals surface area (Å²) in [5.74, 6) is 1.37. The van der Waals surface area contributed by atoms with E-state index >= 15 is 0 Å². The van der Waals surface area contributed by atoms with Crippen LogP contribution in [-0.2, 0) is 0 Å². The number of methoxy groups -OCH3 is 2. The first kappa shape index (κ1) is 22.0. The zero-order valence-electron chi connectivity index (χ0n) is 18.1. The lowest BCUT2D eigenvalue weighted by molar-refractivity contribution is -0.385. The second-order valence-electron chi connectivity index (χ2n) is 7.75. The summed E-state index contributed by atoms with van der Waals surface area (Å²) in [5.41, 5.74) is 3.50. The fourth-order valence-electron chi connectivity index (χ4n) is 4.09. The van der Waals surface area contributed by atoms with Gasteiger partial charge in [-0.1, -0.05) is 43.5 Å². The molecule has 0 bridgehead atoms. The smallest absolute Gasteiger partial charge is 0.282 e. The molecule has 1 fully saturated rings. The van der Waals surface area contributed by atoms with Crippen molar-refractivity contribution in [3.63, 3.8) is 0 Å². The summed E-state index contributed by atoms with van der Waals surface area (Å²) in [7, 11) is 2.92. The van der Waals surface area contributed by atoms with Gasteiger partial charge in [-0.3, -0.25) is 10.1 Å². The molecular formula is C24H25N3O4S. The highest BCUT2D eigenvalue weighted by molar-refractivity contribution is 7.13. The average Bonchev–Trinajstić information content (AvgIpc) is 3.31. The Kier molecular flexibility index (Phi) is 6.80. The first-order valence-corrected chi connectivity index (χ1v) is 11.5. The molecule has 1 aliphatic carbocycles. The van der Waals surface area contributed by atoms with Crippen molar-refractivity contribution < 1.29 is 14.4 Å². The van der Waals surface area contributed by atoms with Crippen LogP contribution in [0.1, 0.15) is 49.1 Å². The average molecular weight is 452 g/mol. The highest BCUT2D eigenvalue weighted by atomic mass is 32.1. The number of hydrogen-bond donors (Lipinski definition) is 0. The van der Waals surface area contributed by atoms with Gasteiger partial charge in [-0.05, 0) is 30.4 Å². The minimum atomic E-state index is -0.468. The van der Waals surface area contributed by atoms with Crippen molar-refractivity contribution in [2.75, 3.05) is 14.2 Å². The highest BCUT2D eigenvalue weighted by Crippen LogP contribution is 2.35. The van der Waals surface area contributed by atoms with Crippen molar-refractivity contribution in [1.82, 2.24) is 4.98 Å². The Balaban J connectivity index is 1.54. The summed E-state index contributed by atoms with van der Waals surface area (Å²) in [6.45, 7) is 0. The molecule has 1 heterocycles. The molecule has 32 heavy (non-hydrogen) atoms. The van der Waals surface area contributed by atoms with Gasteiger partial charge in [0.1, 0.15) is 0 Å². The Morgan fingerprint density at radius 1 is 1.09 bits per heavy atom. The summed E-state index contributed by atoms with van der Waals surface area (Å²) in [6, 6.07) is 11.5. The van der Waals surface area contributed by atoms with E-state index in [2.05, 4.69) is 34.2 Å². The first-order chi connectivity index (χ1) is 15.6. The van der Waals surface area contributed by atoms with E-state index in [1.54, 1.807) is 6.07 Å². The van der Waals surface area contributed by atoms with Gasteiger partial charge in [-0.2, -0.15) is 0 Å². The molecule has 0 radical (unpaired) electrons. The van der Waals surface area contributed by atoms with Gasteiger partial charge in [0.15, 0.2) is 11.5 Å². The second kappa shape index (κ2) is 9.91. The third kappa shape index (κ3) is 4.80. The molecule has 0 atom stereocenters. The zero-order chi connectivity index (χ0) is 22.5. The number of aliphatic imine (C=N–C) groups is 1. The van der Waals surface area contributed by atoms with Crippen LogP contribution in [0.4, 0.5) is 10.8 Å². The van der Waals surface area contributed by atoms with Crippen molar-refractivity contribution >= 4 is 28.4 Å². The Morgan fingerprint density at radius 2 is 1.78 bits per heavy atom. The predicted octanol–water partition coefficient (Wildman–Crippen LogP) is 6.53. The normalized spacial score (nSPS) is 14.6. The van der Waals surface area contributed by atoms with E-state index in [-0.39, 0.29) is 5.69 Å². The van der Waals surface area contributed by atoms with Gasteiger partial charge in [0.05, 0.1) is 36.5 Å². The third-order valence-corrected chi connectivity index (χ3v) is 6.57. The van der Waals surface area contributed by atoms with Crippen LogP contribution in [0.25, 0.3) is 11.3 Å². The van der Waals surface area contributed by atoms with Gasteiger partial charge in [-0.15, -0.1) is 11.3 Å². The molecule has 1 aromatic heterocycles. The maximum atomic E-state index is 11.5. The minimum Gasteiger partial charge on any atom is -0.493 e. The molecule has 1 aliphatic rings. The molecule has 2 aromatic carbocycles. The molecule has 8 heteroatoms. The van der Waals surface area contributed by atoms with Crippen molar-refractivity contribution in [2.24, 2.45) is 4.99 Å². The van der Waals surface area contributed by atoms with E-state index in [1.807, 2.05) is 5.38 Å². The number of nitro benzene ring substituents is 1. The van der Waals surface area contributed by atoms with Crippen LogP contribution >= 0.6 is 11.3 Å². The lowest BCUT2D eigenvalue weighted by Gasteiger charge is -2.22. The fraction of sp³-hybridized carbons (Fsp3) is 0.333. The summed E-state index contributed by atoms with van der Waals surface area (Å²) < 4.78 is 10.4. The summed E-state index contributed by atoms with van der Waals surface area (Å²) >= 11 is 1.39. The molecule has 0 saturated heterocycles. The maximum absolute atomic E-state index is 11.5. The van der Waals surface area contributed by atoms with Crippen LogP contribution in [0.3, 0.4) is 0 Å². The Hall–Kier alpha value is -3.26. The van der Waals surface area contributed by atoms with Crippen molar-refractivity contribution in [3.05, 3.63) is 63.0 Å². The van der Waals surface area contributed by atoms with Crippen LogP contribution in [0.5, 0.6) is 11.5 Å². The fourth-order valence-corrected chi connectivity index (χ4v) is 4.76. The van der Waals surface area contributed by atoms with Gasteiger partial charge in [-0.25, -0.2) is 9.98 Å². The molecule has 0 unspecified atom stereocenters. The van der Waals surface area contributed by atoms with Gasteiger partial charge < -0.3 is 9.47 Å². The maximum Gasteiger partial charge on any atom is 0.282 e. The van der Waals surface area contributed by atoms with E-state index in [0.29, 0.717) is 28.1 Å². The number of hydrogen-bond acceptors (Lipinski definition) is 7. The Morgan fingerprint density at radius 3 is 2.44 bits per heavy atom. The molecule has 0 N–H and O–H groups in total. The lowest BCUT2D eigenvalue weighted by atomic mass is 9.84. The molecular weight excluding hydrogens is 426 g/mol. The molecule has 0 aliphatic heterocycles. The molecule has 166 valence electrons. The van der Waals surface area contributed by atoms with Crippen molar-refractivity contribution in [3.8, 4) is 22.8 Å². The van der Waals surface area contributed by atoms with Gasteiger partial charge in [0, 0.05) is 17.2 Å². The monoisotopic (exact) mass is 451 g/mol. The van der Waals surface area contributed by atoms with E-state index in [4.69, 9.17) is 9.47 Å². The zero-order valence-corrected chi connectivity index (χ0v) is 18.9. The molecule has 4 rings (SSSR count). The van der Waals surface area contributed by atoms with Crippen molar-refractivity contribution in [1.29, 1.82) is 0 Å². The standard InChI is InChI=1S/C24H25N3O4S/c1-30-22-12-19(21(27(28)29)13-23(22)31-2)14-25-24-26-20(15-32-24)18-10-8-17(9-11-18)16-6-4-3-5-7-16/h8-16H,3-7H2,1-2H3. The van der Waals surface area contributed by atoms with Gasteiger partial charge in [0.2, 0.25) is 5.13 Å². The topological polar surface area (TPSA) is 86.9 Å². The molecule has 1 saturated carbocycles. The van der Waals surface area contributed by atoms with E-state index in [9.17, 15) is 10.1 Å².